The van der Waals surface area contributed by atoms with Gasteiger partial charge >= 0.3 is 0 Å². The number of amides is 2. The van der Waals surface area contributed by atoms with Crippen molar-refractivity contribution in [3.8, 4) is 5.75 Å². The molecule has 1 aromatic carbocycles. The molecule has 7 nitrogen and oxygen atoms in total. The number of ether oxygens (including phenoxy) is 2. The van der Waals surface area contributed by atoms with Gasteiger partial charge in [-0.1, -0.05) is 6.07 Å². The fourth-order valence-corrected chi connectivity index (χ4v) is 4.86. The summed E-state index contributed by atoms with van der Waals surface area (Å²) in [6, 6.07) is 5.32. The molecule has 4 rings (SSSR count). The maximum absolute atomic E-state index is 14.5. The average Bonchev–Trinajstić information content (AvgIpc) is 2.74. The first-order chi connectivity index (χ1) is 14.8. The fourth-order valence-electron chi connectivity index (χ4n) is 4.86. The third-order valence-corrected chi connectivity index (χ3v) is 6.38. The van der Waals surface area contributed by atoms with Crippen molar-refractivity contribution in [2.24, 2.45) is 11.1 Å². The van der Waals surface area contributed by atoms with Crippen molar-refractivity contribution in [1.82, 2.24) is 4.98 Å². The summed E-state index contributed by atoms with van der Waals surface area (Å²) in [6.07, 6.45) is 3.83. The lowest BCUT2D eigenvalue weighted by atomic mass is 9.47. The molecule has 1 saturated carbocycles. The van der Waals surface area contributed by atoms with Gasteiger partial charge in [0.15, 0.2) is 11.6 Å². The van der Waals surface area contributed by atoms with Crippen LogP contribution in [0.4, 0.5) is 14.5 Å². The summed E-state index contributed by atoms with van der Waals surface area (Å²) in [6.45, 7) is 1.19. The summed E-state index contributed by atoms with van der Waals surface area (Å²) in [5.74, 6) is -3.56. The number of nitrogens with one attached hydrogen (secondary N) is 1. The Morgan fingerprint density at radius 3 is 2.55 bits per heavy atom. The Labute approximate surface area is 177 Å². The van der Waals surface area contributed by atoms with Gasteiger partial charge in [0.2, 0.25) is 11.7 Å². The third-order valence-electron chi connectivity index (χ3n) is 6.38. The predicted octanol–water partition coefficient (Wildman–Crippen LogP) is 2.93. The van der Waals surface area contributed by atoms with Crippen molar-refractivity contribution in [3.63, 3.8) is 0 Å². The second kappa shape index (κ2) is 7.88. The number of hydrogen-bond donors (Lipinski definition) is 2. The number of carbonyl (C=O) groups is 2. The average molecular weight is 431 g/mol. The van der Waals surface area contributed by atoms with Crippen molar-refractivity contribution in [2.75, 3.05) is 25.6 Å². The van der Waals surface area contributed by atoms with Crippen LogP contribution in [0.2, 0.25) is 0 Å². The van der Waals surface area contributed by atoms with E-state index in [9.17, 15) is 18.4 Å². The predicted molar refractivity (Wildman–Crippen MR) is 108 cm³/mol. The van der Waals surface area contributed by atoms with Crippen molar-refractivity contribution in [3.05, 3.63) is 53.4 Å². The fraction of sp³-hybridized carbons (Fsp3) is 0.409. The van der Waals surface area contributed by atoms with Gasteiger partial charge in [0, 0.05) is 30.7 Å². The highest BCUT2D eigenvalue weighted by molar-refractivity contribution is 6.01. The van der Waals surface area contributed by atoms with Crippen molar-refractivity contribution < 1.29 is 27.8 Å². The first kappa shape index (κ1) is 21.2. The number of carbonyl (C=O) groups excluding carboxylic acids is 2. The molecular formula is C22H23F2N3O4. The van der Waals surface area contributed by atoms with Crippen LogP contribution in [-0.2, 0) is 14.9 Å². The number of pyridine rings is 1. The molecule has 2 fully saturated rings. The third kappa shape index (κ3) is 3.63. The highest BCUT2D eigenvalue weighted by Gasteiger charge is 2.60. The lowest BCUT2D eigenvalue weighted by Gasteiger charge is -2.57. The Morgan fingerprint density at radius 2 is 1.90 bits per heavy atom. The molecule has 2 aliphatic rings. The van der Waals surface area contributed by atoms with Crippen LogP contribution in [0, 0.1) is 17.0 Å². The minimum Gasteiger partial charge on any atom is -0.493 e. The van der Waals surface area contributed by atoms with E-state index in [2.05, 4.69) is 10.3 Å². The molecule has 0 atom stereocenters. The maximum atomic E-state index is 14.5. The van der Waals surface area contributed by atoms with Crippen LogP contribution in [0.3, 0.4) is 0 Å². The molecule has 2 amide bonds. The van der Waals surface area contributed by atoms with Crippen LogP contribution in [0.5, 0.6) is 5.75 Å². The van der Waals surface area contributed by atoms with E-state index in [4.69, 9.17) is 15.2 Å². The zero-order valence-electron chi connectivity index (χ0n) is 17.0. The zero-order chi connectivity index (χ0) is 22.2. The first-order valence-electron chi connectivity index (χ1n) is 9.98. The van der Waals surface area contributed by atoms with E-state index in [0.717, 1.165) is 18.9 Å². The molecule has 1 spiro atoms. The van der Waals surface area contributed by atoms with Gasteiger partial charge in [-0.3, -0.25) is 14.6 Å². The normalized spacial score (nSPS) is 18.8. The number of anilines is 1. The maximum Gasteiger partial charge on any atom is 0.267 e. The molecule has 0 unspecified atom stereocenters. The first-order valence-corrected chi connectivity index (χ1v) is 9.98. The number of nitrogens with two attached hydrogens (primary N) is 1. The van der Waals surface area contributed by atoms with E-state index in [1.54, 1.807) is 0 Å². The number of rotatable bonds is 5. The number of primary amides is 1. The second-order valence-corrected chi connectivity index (χ2v) is 8.24. The summed E-state index contributed by atoms with van der Waals surface area (Å²) in [7, 11) is 1.25. The molecule has 31 heavy (non-hydrogen) atoms. The Balaban J connectivity index is 1.72. The smallest absolute Gasteiger partial charge is 0.267 e. The molecule has 1 aliphatic carbocycles. The Hall–Kier alpha value is -3.07. The van der Waals surface area contributed by atoms with Crippen LogP contribution in [0.25, 0.3) is 0 Å². The number of benzene rings is 1. The van der Waals surface area contributed by atoms with Crippen molar-refractivity contribution in [2.45, 2.75) is 31.1 Å². The molecule has 9 heteroatoms. The van der Waals surface area contributed by atoms with Crippen LogP contribution in [0.15, 0.2) is 30.5 Å². The topological polar surface area (TPSA) is 104 Å². The molecule has 3 N–H and O–H groups in total. The lowest BCUT2D eigenvalue weighted by Crippen LogP contribution is -2.58. The Kier molecular flexibility index (Phi) is 5.38. The standard InChI is InChI=1S/C22H23F2N3O4/c1-30-18-14(2-3-15(23)17(18)24)22(11-21(12-22)5-8-31-9-6-21)20(29)27-13-4-7-26-16(10-13)19(25)28/h2-4,7,10H,5-6,8-9,11-12H2,1H3,(H2,25,28)(H,26,27,29). The van der Waals surface area contributed by atoms with Crippen LogP contribution >= 0.6 is 0 Å². The molecule has 1 aliphatic heterocycles. The second-order valence-electron chi connectivity index (χ2n) is 8.24. The van der Waals surface area contributed by atoms with Gasteiger partial charge in [-0.2, -0.15) is 4.39 Å². The van der Waals surface area contributed by atoms with Crippen LogP contribution in [-0.4, -0.2) is 37.1 Å². The Bertz CT molecular complexity index is 1030. The molecule has 2 heterocycles. The summed E-state index contributed by atoms with van der Waals surface area (Å²) < 4.78 is 39.0. The van der Waals surface area contributed by atoms with Crippen LogP contribution < -0.4 is 15.8 Å². The zero-order valence-corrected chi connectivity index (χ0v) is 17.0. The molecule has 1 aromatic heterocycles. The quantitative estimate of drug-likeness (QED) is 0.758. The van der Waals surface area contributed by atoms with Crippen LogP contribution in [0.1, 0.15) is 41.7 Å². The Morgan fingerprint density at radius 1 is 1.19 bits per heavy atom. The number of hydrogen-bond acceptors (Lipinski definition) is 5. The van der Waals surface area contributed by atoms with E-state index in [0.29, 0.717) is 37.3 Å². The van der Waals surface area contributed by atoms with Gasteiger partial charge in [-0.15, -0.1) is 0 Å². The molecular weight excluding hydrogens is 408 g/mol. The largest absolute Gasteiger partial charge is 0.493 e. The van der Waals surface area contributed by atoms with Crippen molar-refractivity contribution >= 4 is 17.5 Å². The number of nitrogens with zero attached hydrogens (tertiary/aromatic N) is 1. The molecule has 1 saturated heterocycles. The molecule has 0 radical (unpaired) electrons. The number of aromatic nitrogens is 1. The minimum atomic E-state index is -1.12. The van der Waals surface area contributed by atoms with Gasteiger partial charge in [-0.05, 0) is 49.3 Å². The molecule has 2 aromatic rings. The molecule has 0 bridgehead atoms. The van der Waals surface area contributed by atoms with E-state index in [1.165, 1.54) is 31.5 Å². The van der Waals surface area contributed by atoms with E-state index in [-0.39, 0.29) is 16.9 Å². The monoisotopic (exact) mass is 431 g/mol. The number of halogens is 2. The SMILES string of the molecule is COc1c(C2(C(=O)Nc3ccnc(C(N)=O)c3)CC3(CCOCC3)C2)ccc(F)c1F. The summed E-state index contributed by atoms with van der Waals surface area (Å²) in [4.78, 5) is 28.8. The highest BCUT2D eigenvalue weighted by Crippen LogP contribution is 2.62. The van der Waals surface area contributed by atoms with Gasteiger partial charge in [-0.25, -0.2) is 4.39 Å². The highest BCUT2D eigenvalue weighted by atomic mass is 19.2. The van der Waals surface area contributed by atoms with E-state index < -0.39 is 28.9 Å². The van der Waals surface area contributed by atoms with E-state index >= 15 is 0 Å². The van der Waals surface area contributed by atoms with Gasteiger partial charge in [0.05, 0.1) is 12.5 Å². The van der Waals surface area contributed by atoms with E-state index in [1.807, 2.05) is 0 Å². The number of methoxy groups -OCH3 is 1. The van der Waals surface area contributed by atoms with Gasteiger partial charge in [0.1, 0.15) is 5.69 Å². The summed E-state index contributed by atoms with van der Waals surface area (Å²) in [5.41, 5.74) is 4.68. The van der Waals surface area contributed by atoms with Crippen molar-refractivity contribution in [1.29, 1.82) is 0 Å². The lowest BCUT2D eigenvalue weighted by molar-refractivity contribution is -0.138. The van der Waals surface area contributed by atoms with Gasteiger partial charge in [0.25, 0.3) is 5.91 Å². The minimum absolute atomic E-state index is 0.00626. The summed E-state index contributed by atoms with van der Waals surface area (Å²) >= 11 is 0. The molecule has 164 valence electrons. The van der Waals surface area contributed by atoms with Gasteiger partial charge < -0.3 is 20.5 Å². The summed E-state index contributed by atoms with van der Waals surface area (Å²) in [5, 5.41) is 2.80.